The number of rotatable bonds is 7. The lowest BCUT2D eigenvalue weighted by Gasteiger charge is -2.29. The van der Waals surface area contributed by atoms with Gasteiger partial charge >= 0.3 is 0 Å². The van der Waals surface area contributed by atoms with Crippen molar-refractivity contribution in [2.24, 2.45) is 5.41 Å². The summed E-state index contributed by atoms with van der Waals surface area (Å²) in [5.74, 6) is 0.611. The Bertz CT molecular complexity index is 340. The van der Waals surface area contributed by atoms with Crippen molar-refractivity contribution in [1.82, 2.24) is 9.03 Å². The topological polar surface area (TPSA) is 58.6 Å². The lowest BCUT2D eigenvalue weighted by molar-refractivity contribution is 0.0723. The predicted octanol–water partition coefficient (Wildman–Crippen LogP) is 1.20. The molecule has 0 aromatic carbocycles. The number of hydrogen-bond donors (Lipinski definition) is 1. The molecule has 0 bridgehead atoms. The molecule has 1 saturated heterocycles. The molecule has 1 aliphatic rings. The number of hydrogen-bond acceptors (Lipinski definition) is 3. The van der Waals surface area contributed by atoms with Crippen molar-refractivity contribution in [2.75, 3.05) is 38.7 Å². The van der Waals surface area contributed by atoms with Crippen molar-refractivity contribution < 1.29 is 13.2 Å². The van der Waals surface area contributed by atoms with Crippen LogP contribution < -0.4 is 4.72 Å². The van der Waals surface area contributed by atoms with E-state index in [-0.39, 0.29) is 5.41 Å². The molecule has 0 unspecified atom stereocenters. The van der Waals surface area contributed by atoms with E-state index < -0.39 is 10.2 Å². The molecule has 0 aliphatic carbocycles. The fraction of sp³-hybridized carbons (Fsp3) is 1.00. The Labute approximate surface area is 115 Å². The fourth-order valence-corrected chi connectivity index (χ4v) is 3.32. The van der Waals surface area contributed by atoms with Crippen LogP contribution in [-0.4, -0.2) is 51.5 Å². The van der Waals surface area contributed by atoms with E-state index in [1.54, 1.807) is 0 Å². The third kappa shape index (κ3) is 5.40. The summed E-state index contributed by atoms with van der Waals surface area (Å²) in [6, 6.07) is 0. The molecule has 1 heterocycles. The van der Waals surface area contributed by atoms with Crippen LogP contribution in [-0.2, 0) is 14.9 Å². The zero-order chi connectivity index (χ0) is 13.6. The van der Waals surface area contributed by atoms with Crippen LogP contribution in [0.5, 0.6) is 0 Å². The Morgan fingerprint density at radius 2 is 1.94 bits per heavy atom. The van der Waals surface area contributed by atoms with E-state index in [0.29, 0.717) is 38.7 Å². The molecule has 18 heavy (non-hydrogen) atoms. The van der Waals surface area contributed by atoms with E-state index in [1.807, 2.05) is 13.8 Å². The lowest BCUT2D eigenvalue weighted by Crippen LogP contribution is -2.48. The molecule has 1 rings (SSSR count). The van der Waals surface area contributed by atoms with Crippen LogP contribution in [0.2, 0.25) is 0 Å². The molecule has 0 atom stereocenters. The normalized spacial score (nSPS) is 19.1. The molecule has 0 spiro atoms. The average molecular weight is 299 g/mol. The number of nitrogens with zero attached hydrogens (tertiary/aromatic N) is 1. The SMILES string of the molecule is CC(C)(CCCCl)CNS(=O)(=O)N1CCOCC1. The van der Waals surface area contributed by atoms with Crippen molar-refractivity contribution >= 4 is 21.8 Å². The minimum absolute atomic E-state index is 0.0752. The summed E-state index contributed by atoms with van der Waals surface area (Å²) in [6.45, 7) is 6.31. The van der Waals surface area contributed by atoms with Crippen LogP contribution in [0.1, 0.15) is 26.7 Å². The van der Waals surface area contributed by atoms with Crippen molar-refractivity contribution in [1.29, 1.82) is 0 Å². The van der Waals surface area contributed by atoms with Gasteiger partial charge < -0.3 is 4.74 Å². The first-order valence-corrected chi connectivity index (χ1v) is 8.23. The summed E-state index contributed by atoms with van der Waals surface area (Å²) >= 11 is 5.66. The van der Waals surface area contributed by atoms with Gasteiger partial charge in [0.05, 0.1) is 13.2 Å². The van der Waals surface area contributed by atoms with Gasteiger partial charge in [-0.25, -0.2) is 4.72 Å². The summed E-state index contributed by atoms with van der Waals surface area (Å²) in [5.41, 5.74) is -0.0752. The molecule has 0 aromatic heterocycles. The van der Waals surface area contributed by atoms with Gasteiger partial charge in [0.1, 0.15) is 0 Å². The van der Waals surface area contributed by atoms with E-state index in [1.165, 1.54) is 4.31 Å². The van der Waals surface area contributed by atoms with E-state index in [4.69, 9.17) is 16.3 Å². The Balaban J connectivity index is 2.45. The van der Waals surface area contributed by atoms with Crippen LogP contribution in [0.3, 0.4) is 0 Å². The predicted molar refractivity (Wildman–Crippen MR) is 73.0 cm³/mol. The van der Waals surface area contributed by atoms with Gasteiger partial charge in [0, 0.05) is 25.5 Å². The van der Waals surface area contributed by atoms with Crippen molar-refractivity contribution in [3.63, 3.8) is 0 Å². The first-order valence-electron chi connectivity index (χ1n) is 6.26. The highest BCUT2D eigenvalue weighted by Crippen LogP contribution is 2.22. The van der Waals surface area contributed by atoms with Gasteiger partial charge in [-0.3, -0.25) is 0 Å². The van der Waals surface area contributed by atoms with E-state index >= 15 is 0 Å². The first-order chi connectivity index (χ1) is 8.37. The Morgan fingerprint density at radius 3 is 2.50 bits per heavy atom. The van der Waals surface area contributed by atoms with Crippen molar-refractivity contribution in [3.8, 4) is 0 Å². The molecule has 108 valence electrons. The third-order valence-electron chi connectivity index (χ3n) is 3.03. The van der Waals surface area contributed by atoms with Crippen molar-refractivity contribution in [2.45, 2.75) is 26.7 Å². The lowest BCUT2D eigenvalue weighted by atomic mass is 9.88. The molecule has 5 nitrogen and oxygen atoms in total. The maximum atomic E-state index is 12.0. The van der Waals surface area contributed by atoms with E-state index in [0.717, 1.165) is 12.8 Å². The number of halogens is 1. The molecule has 1 fully saturated rings. The maximum absolute atomic E-state index is 12.0. The minimum atomic E-state index is -3.37. The van der Waals surface area contributed by atoms with Crippen LogP contribution in [0.25, 0.3) is 0 Å². The van der Waals surface area contributed by atoms with Gasteiger partial charge in [-0.05, 0) is 18.3 Å². The van der Waals surface area contributed by atoms with Crippen LogP contribution >= 0.6 is 11.6 Å². The zero-order valence-electron chi connectivity index (χ0n) is 11.1. The Kier molecular flexibility index (Phi) is 6.34. The maximum Gasteiger partial charge on any atom is 0.279 e. The number of ether oxygens (including phenoxy) is 1. The second-order valence-corrected chi connectivity index (χ2v) is 7.43. The molecular weight excluding hydrogens is 276 g/mol. The molecule has 0 radical (unpaired) electrons. The quantitative estimate of drug-likeness (QED) is 0.719. The average Bonchev–Trinajstić information content (AvgIpc) is 2.36. The molecule has 1 N–H and O–H groups in total. The second-order valence-electron chi connectivity index (χ2n) is 5.29. The summed E-state index contributed by atoms with van der Waals surface area (Å²) < 4.78 is 33.3. The van der Waals surface area contributed by atoms with Crippen LogP contribution in [0.15, 0.2) is 0 Å². The Morgan fingerprint density at radius 1 is 1.33 bits per heavy atom. The van der Waals surface area contributed by atoms with Gasteiger partial charge in [0.25, 0.3) is 10.2 Å². The largest absolute Gasteiger partial charge is 0.379 e. The van der Waals surface area contributed by atoms with Gasteiger partial charge in [-0.15, -0.1) is 11.6 Å². The molecule has 0 amide bonds. The molecule has 0 aromatic rings. The number of alkyl halides is 1. The summed E-state index contributed by atoms with van der Waals surface area (Å²) in [6.07, 6.45) is 1.80. The van der Waals surface area contributed by atoms with E-state index in [2.05, 4.69) is 4.72 Å². The fourth-order valence-electron chi connectivity index (χ4n) is 1.80. The summed E-state index contributed by atoms with van der Waals surface area (Å²) in [4.78, 5) is 0. The van der Waals surface area contributed by atoms with Gasteiger partial charge in [-0.2, -0.15) is 12.7 Å². The summed E-state index contributed by atoms with van der Waals surface area (Å²) in [5, 5.41) is 0. The standard InChI is InChI=1S/C11H23ClN2O3S/c1-11(2,4-3-5-12)10-13-18(15,16)14-6-8-17-9-7-14/h13H,3-10H2,1-2H3. The van der Waals surface area contributed by atoms with Crippen molar-refractivity contribution in [3.05, 3.63) is 0 Å². The van der Waals surface area contributed by atoms with Crippen LogP contribution in [0.4, 0.5) is 0 Å². The summed E-state index contributed by atoms with van der Waals surface area (Å²) in [7, 11) is -3.37. The highest BCUT2D eigenvalue weighted by Gasteiger charge is 2.26. The highest BCUT2D eigenvalue weighted by atomic mass is 35.5. The molecule has 7 heteroatoms. The highest BCUT2D eigenvalue weighted by molar-refractivity contribution is 7.87. The molecular formula is C11H23ClN2O3S. The Hall–Kier alpha value is 0.120. The minimum Gasteiger partial charge on any atom is -0.379 e. The van der Waals surface area contributed by atoms with Gasteiger partial charge in [0.2, 0.25) is 0 Å². The first kappa shape index (κ1) is 16.2. The van der Waals surface area contributed by atoms with Gasteiger partial charge in [0.15, 0.2) is 0 Å². The molecule has 0 saturated carbocycles. The smallest absolute Gasteiger partial charge is 0.279 e. The number of morpholine rings is 1. The third-order valence-corrected chi connectivity index (χ3v) is 4.85. The number of nitrogens with one attached hydrogen (secondary N) is 1. The second kappa shape index (κ2) is 7.05. The molecule has 1 aliphatic heterocycles. The van der Waals surface area contributed by atoms with E-state index in [9.17, 15) is 8.42 Å². The van der Waals surface area contributed by atoms with Gasteiger partial charge in [-0.1, -0.05) is 13.8 Å². The van der Waals surface area contributed by atoms with Crippen LogP contribution in [0, 0.1) is 5.41 Å². The monoisotopic (exact) mass is 298 g/mol. The zero-order valence-corrected chi connectivity index (χ0v) is 12.7.